The lowest BCUT2D eigenvalue weighted by Gasteiger charge is -2.11. The number of ether oxygens (including phenoxy) is 1. The van der Waals surface area contributed by atoms with Gasteiger partial charge in [-0.2, -0.15) is 0 Å². The maximum absolute atomic E-state index is 11.0. The van der Waals surface area contributed by atoms with Crippen LogP contribution in [0.15, 0.2) is 12.3 Å². The molecule has 1 rings (SSSR count). The van der Waals surface area contributed by atoms with E-state index in [9.17, 15) is 4.79 Å². The summed E-state index contributed by atoms with van der Waals surface area (Å²) in [6.07, 6.45) is 1.42. The molecule has 1 heterocycles. The van der Waals surface area contributed by atoms with E-state index in [1.165, 1.54) is 12.3 Å². The normalized spacial score (nSPS) is 10.7. The van der Waals surface area contributed by atoms with E-state index < -0.39 is 5.97 Å². The second-order valence-electron chi connectivity index (χ2n) is 4.31. The van der Waals surface area contributed by atoms with Crippen LogP contribution < -0.4 is 11.1 Å². The predicted octanol–water partition coefficient (Wildman–Crippen LogP) is 0.352. The third-order valence-electron chi connectivity index (χ3n) is 2.36. The summed E-state index contributed by atoms with van der Waals surface area (Å²) in [5, 5.41) is 11.9. The van der Waals surface area contributed by atoms with Gasteiger partial charge in [-0.15, -0.1) is 0 Å². The van der Waals surface area contributed by atoms with Gasteiger partial charge in [0.05, 0.1) is 25.1 Å². The summed E-state index contributed by atoms with van der Waals surface area (Å²) in [5.41, 5.74) is 5.89. The van der Waals surface area contributed by atoms with E-state index in [4.69, 9.17) is 15.6 Å². The summed E-state index contributed by atoms with van der Waals surface area (Å²) in [6, 6.07) is 1.38. The molecule has 1 aromatic rings. The summed E-state index contributed by atoms with van der Waals surface area (Å²) in [7, 11) is 3.94. The maximum Gasteiger partial charge on any atom is 0.339 e. The first-order valence-electron chi connectivity index (χ1n) is 5.96. The van der Waals surface area contributed by atoms with Crippen molar-refractivity contribution in [3.63, 3.8) is 0 Å². The molecule has 106 valence electrons. The van der Waals surface area contributed by atoms with E-state index >= 15 is 0 Å². The van der Waals surface area contributed by atoms with E-state index in [2.05, 4.69) is 10.3 Å². The Balaban J connectivity index is 2.39. The largest absolute Gasteiger partial charge is 0.478 e. The van der Waals surface area contributed by atoms with Crippen molar-refractivity contribution in [2.45, 2.75) is 0 Å². The number of carboxylic acids is 1. The topological polar surface area (TPSA) is 101 Å². The molecule has 0 aliphatic carbocycles. The van der Waals surface area contributed by atoms with Gasteiger partial charge in [0.25, 0.3) is 0 Å². The summed E-state index contributed by atoms with van der Waals surface area (Å²) in [6.45, 7) is 2.46. The van der Waals surface area contributed by atoms with Crippen LogP contribution in [0.5, 0.6) is 0 Å². The molecular formula is C12H20N4O3. The molecule has 1 aromatic heterocycles. The number of hydrogen-bond donors (Lipinski definition) is 3. The average Bonchev–Trinajstić information content (AvgIpc) is 2.34. The lowest BCUT2D eigenvalue weighted by molar-refractivity contribution is 0.0697. The highest BCUT2D eigenvalue weighted by Crippen LogP contribution is 2.14. The van der Waals surface area contributed by atoms with Crippen LogP contribution >= 0.6 is 0 Å². The molecule has 0 bridgehead atoms. The molecule has 0 aliphatic heterocycles. The highest BCUT2D eigenvalue weighted by molar-refractivity contribution is 5.94. The monoisotopic (exact) mass is 268 g/mol. The molecule has 0 atom stereocenters. The highest BCUT2D eigenvalue weighted by Gasteiger charge is 2.11. The first kappa shape index (κ1) is 15.2. The van der Waals surface area contributed by atoms with Gasteiger partial charge >= 0.3 is 5.97 Å². The van der Waals surface area contributed by atoms with Crippen LogP contribution in [-0.2, 0) is 4.74 Å². The van der Waals surface area contributed by atoms with Crippen LogP contribution in [-0.4, -0.2) is 61.4 Å². The maximum atomic E-state index is 11.0. The van der Waals surface area contributed by atoms with E-state index in [0.29, 0.717) is 31.3 Å². The van der Waals surface area contributed by atoms with Gasteiger partial charge in [-0.25, -0.2) is 9.78 Å². The van der Waals surface area contributed by atoms with Crippen molar-refractivity contribution in [1.29, 1.82) is 0 Å². The molecule has 0 saturated carbocycles. The fraction of sp³-hybridized carbons (Fsp3) is 0.500. The van der Waals surface area contributed by atoms with Gasteiger partial charge in [0.15, 0.2) is 0 Å². The number of nitrogen functional groups attached to an aromatic ring is 1. The van der Waals surface area contributed by atoms with E-state index in [1.807, 2.05) is 19.0 Å². The molecule has 19 heavy (non-hydrogen) atoms. The molecular weight excluding hydrogens is 248 g/mol. The minimum atomic E-state index is -1.06. The van der Waals surface area contributed by atoms with Crippen LogP contribution in [0.3, 0.4) is 0 Å². The zero-order chi connectivity index (χ0) is 14.3. The van der Waals surface area contributed by atoms with Gasteiger partial charge in [-0.1, -0.05) is 0 Å². The Kier molecular flexibility index (Phi) is 6.04. The van der Waals surface area contributed by atoms with Gasteiger partial charge in [0, 0.05) is 13.1 Å². The molecule has 0 aliphatic rings. The van der Waals surface area contributed by atoms with Crippen molar-refractivity contribution in [2.75, 3.05) is 51.4 Å². The van der Waals surface area contributed by atoms with Gasteiger partial charge in [-0.05, 0) is 20.2 Å². The zero-order valence-corrected chi connectivity index (χ0v) is 11.2. The minimum absolute atomic E-state index is 0.0632. The van der Waals surface area contributed by atoms with Crippen LogP contribution in [0.1, 0.15) is 10.4 Å². The van der Waals surface area contributed by atoms with Gasteiger partial charge < -0.3 is 25.8 Å². The quantitative estimate of drug-likeness (QED) is 0.585. The number of nitrogens with two attached hydrogens (primary N) is 1. The molecule has 7 nitrogen and oxygen atoms in total. The molecule has 0 unspecified atom stereocenters. The van der Waals surface area contributed by atoms with E-state index in [-0.39, 0.29) is 5.56 Å². The molecule has 0 saturated heterocycles. The Morgan fingerprint density at radius 3 is 2.89 bits per heavy atom. The third kappa shape index (κ3) is 5.54. The summed E-state index contributed by atoms with van der Waals surface area (Å²) in [5.74, 6) is -0.756. The number of hydrogen-bond acceptors (Lipinski definition) is 6. The number of nitrogens with one attached hydrogen (secondary N) is 1. The van der Waals surface area contributed by atoms with Crippen molar-refractivity contribution >= 4 is 17.5 Å². The first-order chi connectivity index (χ1) is 9.00. The molecule has 0 spiro atoms. The molecule has 4 N–H and O–H groups in total. The fourth-order valence-electron chi connectivity index (χ4n) is 1.38. The number of nitrogens with zero attached hydrogens (tertiary/aromatic N) is 2. The summed E-state index contributed by atoms with van der Waals surface area (Å²) < 4.78 is 5.39. The van der Waals surface area contributed by atoms with Crippen molar-refractivity contribution in [2.24, 2.45) is 0 Å². The predicted molar refractivity (Wildman–Crippen MR) is 73.5 cm³/mol. The number of aromatic nitrogens is 1. The number of likely N-dealkylation sites (N-methyl/N-ethyl adjacent to an activating group) is 1. The van der Waals surface area contributed by atoms with Gasteiger partial charge in [0.1, 0.15) is 11.4 Å². The minimum Gasteiger partial charge on any atom is -0.478 e. The Hall–Kier alpha value is -1.86. The molecule has 0 aromatic carbocycles. The van der Waals surface area contributed by atoms with Gasteiger partial charge in [0.2, 0.25) is 0 Å². The molecule has 0 fully saturated rings. The third-order valence-corrected chi connectivity index (χ3v) is 2.36. The fourth-order valence-corrected chi connectivity index (χ4v) is 1.38. The summed E-state index contributed by atoms with van der Waals surface area (Å²) >= 11 is 0. The number of carboxylic acid groups (broad SMARTS) is 1. The number of anilines is 2. The van der Waals surface area contributed by atoms with Crippen molar-refractivity contribution in [3.8, 4) is 0 Å². The standard InChI is InChI=1S/C12H20N4O3/c1-16(2)4-6-19-5-3-14-11-10(12(17)18)7-9(13)8-15-11/h7-8H,3-6,13H2,1-2H3,(H,14,15)(H,17,18). The SMILES string of the molecule is CN(C)CCOCCNc1ncc(N)cc1C(=O)O. The number of rotatable bonds is 8. The lowest BCUT2D eigenvalue weighted by Crippen LogP contribution is -2.20. The number of aromatic carboxylic acids is 1. The van der Waals surface area contributed by atoms with Crippen molar-refractivity contribution in [1.82, 2.24) is 9.88 Å². The Morgan fingerprint density at radius 1 is 1.53 bits per heavy atom. The summed E-state index contributed by atoms with van der Waals surface area (Å²) in [4.78, 5) is 17.0. The second-order valence-corrected chi connectivity index (χ2v) is 4.31. The Morgan fingerprint density at radius 2 is 2.26 bits per heavy atom. The van der Waals surface area contributed by atoms with Crippen molar-refractivity contribution in [3.05, 3.63) is 17.8 Å². The van der Waals surface area contributed by atoms with E-state index in [1.54, 1.807) is 0 Å². The molecule has 0 radical (unpaired) electrons. The van der Waals surface area contributed by atoms with Crippen LogP contribution in [0.4, 0.5) is 11.5 Å². The first-order valence-corrected chi connectivity index (χ1v) is 5.96. The zero-order valence-electron chi connectivity index (χ0n) is 11.2. The van der Waals surface area contributed by atoms with Crippen LogP contribution in [0.25, 0.3) is 0 Å². The van der Waals surface area contributed by atoms with Crippen LogP contribution in [0, 0.1) is 0 Å². The van der Waals surface area contributed by atoms with E-state index in [0.717, 1.165) is 6.54 Å². The Bertz CT molecular complexity index is 423. The van der Waals surface area contributed by atoms with Crippen molar-refractivity contribution < 1.29 is 14.6 Å². The number of carbonyl (C=O) groups is 1. The second kappa shape index (κ2) is 7.55. The number of pyridine rings is 1. The molecule has 0 amide bonds. The lowest BCUT2D eigenvalue weighted by atomic mass is 10.2. The molecule has 7 heteroatoms. The highest BCUT2D eigenvalue weighted by atomic mass is 16.5. The van der Waals surface area contributed by atoms with Gasteiger partial charge in [-0.3, -0.25) is 0 Å². The smallest absolute Gasteiger partial charge is 0.339 e. The Labute approximate surface area is 112 Å². The average molecular weight is 268 g/mol. The van der Waals surface area contributed by atoms with Crippen LogP contribution in [0.2, 0.25) is 0 Å².